The Morgan fingerprint density at radius 1 is 1.20 bits per heavy atom. The van der Waals surface area contributed by atoms with Crippen LogP contribution in [0.3, 0.4) is 0 Å². The maximum Gasteiger partial charge on any atom is 0.270 e. The number of benzene rings is 1. The maximum absolute atomic E-state index is 14.0. The van der Waals surface area contributed by atoms with Gasteiger partial charge in [-0.05, 0) is 29.7 Å². The van der Waals surface area contributed by atoms with Crippen molar-refractivity contribution in [2.45, 2.75) is 12.6 Å². The number of H-pyrrole nitrogens is 2. The molecule has 0 unspecified atom stereocenters. The second-order valence-electron chi connectivity index (χ2n) is 7.25. The fourth-order valence-corrected chi connectivity index (χ4v) is 3.97. The Kier molecular flexibility index (Phi) is 4.14. The number of amides is 1. The number of nitrogens with one attached hydrogen (secondary N) is 2. The summed E-state index contributed by atoms with van der Waals surface area (Å²) in [6.07, 6.45) is 3.26. The molecule has 30 heavy (non-hydrogen) atoms. The Morgan fingerprint density at radius 2 is 1.97 bits per heavy atom. The number of likely N-dealkylation sites (N-methyl/N-ethyl adjacent to an activating group) is 1. The third-order valence-electron chi connectivity index (χ3n) is 5.48. The Morgan fingerprint density at radius 3 is 2.73 bits per heavy atom. The first kappa shape index (κ1) is 18.4. The molecule has 2 N–H and O–H groups in total. The molecule has 5 rings (SSSR count). The van der Waals surface area contributed by atoms with Gasteiger partial charge in [0, 0.05) is 29.9 Å². The summed E-state index contributed by atoms with van der Waals surface area (Å²) in [5.74, 6) is -2.47. The van der Waals surface area contributed by atoms with Crippen LogP contribution in [0.15, 0.2) is 41.5 Å². The Hall–Kier alpha value is -3.59. The van der Waals surface area contributed by atoms with E-state index >= 15 is 0 Å². The van der Waals surface area contributed by atoms with Crippen LogP contribution >= 0.6 is 0 Å². The highest BCUT2D eigenvalue weighted by Crippen LogP contribution is 2.34. The lowest BCUT2D eigenvalue weighted by Gasteiger charge is -2.33. The molecular formula is C21H16F2N4O3. The number of hydrogen-bond acceptors (Lipinski definition) is 4. The summed E-state index contributed by atoms with van der Waals surface area (Å²) in [6, 6.07) is 4.79. The molecule has 4 heterocycles. The fourth-order valence-electron chi connectivity index (χ4n) is 3.97. The van der Waals surface area contributed by atoms with Crippen molar-refractivity contribution in [3.8, 4) is 0 Å². The molecule has 1 aliphatic rings. The molecule has 1 amide bonds. The van der Waals surface area contributed by atoms with Gasteiger partial charge in [0.25, 0.3) is 11.5 Å². The van der Waals surface area contributed by atoms with Crippen molar-refractivity contribution in [1.82, 2.24) is 19.9 Å². The minimum Gasteiger partial charge on any atom is -0.373 e. The van der Waals surface area contributed by atoms with Gasteiger partial charge >= 0.3 is 0 Å². The van der Waals surface area contributed by atoms with Crippen molar-refractivity contribution < 1.29 is 18.3 Å². The molecule has 0 radical (unpaired) electrons. The van der Waals surface area contributed by atoms with Crippen LogP contribution in [0.5, 0.6) is 0 Å². The fraction of sp³-hybridized carbons (Fsp3) is 0.190. The number of ether oxygens (including phenoxy) is 1. The first-order valence-corrected chi connectivity index (χ1v) is 9.25. The molecule has 9 heteroatoms. The lowest BCUT2D eigenvalue weighted by atomic mass is 9.95. The van der Waals surface area contributed by atoms with E-state index in [9.17, 15) is 18.4 Å². The van der Waals surface area contributed by atoms with Gasteiger partial charge in [0.1, 0.15) is 5.69 Å². The Bertz CT molecular complexity index is 1350. The van der Waals surface area contributed by atoms with Crippen LogP contribution in [0, 0.1) is 11.6 Å². The molecule has 0 spiro atoms. The number of rotatable bonds is 2. The number of halogens is 2. The summed E-state index contributed by atoms with van der Waals surface area (Å²) in [6.45, 7) is 0.257. The quantitative estimate of drug-likeness (QED) is 0.532. The summed E-state index contributed by atoms with van der Waals surface area (Å²) in [4.78, 5) is 36.7. The number of aromatic amines is 2. The smallest absolute Gasteiger partial charge is 0.270 e. The average molecular weight is 410 g/mol. The molecule has 0 saturated carbocycles. The third-order valence-corrected chi connectivity index (χ3v) is 5.48. The zero-order valence-electron chi connectivity index (χ0n) is 15.8. The highest BCUT2D eigenvalue weighted by atomic mass is 19.2. The lowest BCUT2D eigenvalue weighted by Crippen LogP contribution is -2.37. The van der Waals surface area contributed by atoms with Gasteiger partial charge in [0.05, 0.1) is 36.4 Å². The Balaban J connectivity index is 1.63. The van der Waals surface area contributed by atoms with E-state index in [-0.39, 0.29) is 29.9 Å². The lowest BCUT2D eigenvalue weighted by molar-refractivity contribution is 0.0333. The van der Waals surface area contributed by atoms with Crippen LogP contribution in [-0.4, -0.2) is 39.4 Å². The summed E-state index contributed by atoms with van der Waals surface area (Å²) < 4.78 is 33.3. The van der Waals surface area contributed by atoms with Crippen molar-refractivity contribution in [2.24, 2.45) is 0 Å². The largest absolute Gasteiger partial charge is 0.373 e. The van der Waals surface area contributed by atoms with Gasteiger partial charge in [-0.3, -0.25) is 14.6 Å². The SMILES string of the molecule is CN(C(=O)c1cc2ccncc2[nH]1)[C@@H]1COCc2[nH]c(=O)c3cc(F)c(F)cc3c21. The summed E-state index contributed by atoms with van der Waals surface area (Å²) in [5, 5.41) is 1.13. The van der Waals surface area contributed by atoms with Gasteiger partial charge in [-0.1, -0.05) is 0 Å². The zero-order valence-corrected chi connectivity index (χ0v) is 15.8. The van der Waals surface area contributed by atoms with Gasteiger partial charge in [-0.2, -0.15) is 0 Å². The van der Waals surface area contributed by atoms with E-state index in [1.54, 1.807) is 31.6 Å². The molecule has 0 fully saturated rings. The minimum absolute atomic E-state index is 0.0251. The van der Waals surface area contributed by atoms with Crippen LogP contribution in [0.1, 0.15) is 27.8 Å². The number of carbonyl (C=O) groups excluding carboxylic acids is 1. The molecule has 0 aliphatic carbocycles. The van der Waals surface area contributed by atoms with E-state index in [0.29, 0.717) is 17.0 Å². The molecule has 0 bridgehead atoms. The van der Waals surface area contributed by atoms with Crippen LogP contribution in [0.4, 0.5) is 8.78 Å². The summed E-state index contributed by atoms with van der Waals surface area (Å²) in [5.41, 5.74) is 1.53. The predicted octanol–water partition coefficient (Wildman–Crippen LogP) is 3.03. The number of aromatic nitrogens is 3. The van der Waals surface area contributed by atoms with E-state index in [2.05, 4.69) is 15.0 Å². The predicted molar refractivity (Wildman–Crippen MR) is 105 cm³/mol. The molecular weight excluding hydrogens is 394 g/mol. The summed E-state index contributed by atoms with van der Waals surface area (Å²) >= 11 is 0. The molecule has 1 aliphatic heterocycles. The van der Waals surface area contributed by atoms with Crippen LogP contribution in [0.25, 0.3) is 21.7 Å². The van der Waals surface area contributed by atoms with Gasteiger partial charge in [0.15, 0.2) is 11.6 Å². The number of pyridine rings is 2. The van der Waals surface area contributed by atoms with E-state index in [4.69, 9.17) is 4.74 Å². The molecule has 1 atom stereocenters. The molecule has 4 aromatic rings. The van der Waals surface area contributed by atoms with Crippen molar-refractivity contribution in [3.05, 3.63) is 75.6 Å². The first-order chi connectivity index (χ1) is 14.4. The number of nitrogens with zero attached hydrogens (tertiary/aromatic N) is 2. The number of fused-ring (bicyclic) bond motifs is 4. The average Bonchev–Trinajstić information content (AvgIpc) is 3.18. The summed E-state index contributed by atoms with van der Waals surface area (Å²) in [7, 11) is 1.60. The van der Waals surface area contributed by atoms with Gasteiger partial charge in [0.2, 0.25) is 0 Å². The van der Waals surface area contributed by atoms with E-state index in [1.165, 1.54) is 4.90 Å². The highest BCUT2D eigenvalue weighted by molar-refractivity contribution is 5.98. The second kappa shape index (κ2) is 6.74. The van der Waals surface area contributed by atoms with Crippen molar-refractivity contribution in [3.63, 3.8) is 0 Å². The molecule has 7 nitrogen and oxygen atoms in total. The molecule has 1 aromatic carbocycles. The standard InChI is InChI=1S/C21H16F2N4O3/c1-27(21(29)15-4-10-2-3-24-7-16(10)25-15)18-9-30-8-17-19(18)11-5-13(22)14(23)6-12(11)20(28)26-17/h2-7,18,25H,8-9H2,1H3,(H,26,28)/t18-/m1/s1. The first-order valence-electron chi connectivity index (χ1n) is 9.25. The van der Waals surface area contributed by atoms with E-state index < -0.39 is 23.2 Å². The normalized spacial score (nSPS) is 16.0. The topological polar surface area (TPSA) is 91.1 Å². The highest BCUT2D eigenvalue weighted by Gasteiger charge is 2.32. The maximum atomic E-state index is 14.0. The van der Waals surface area contributed by atoms with Crippen molar-refractivity contribution in [2.75, 3.05) is 13.7 Å². The minimum atomic E-state index is -1.10. The van der Waals surface area contributed by atoms with Crippen LogP contribution < -0.4 is 5.56 Å². The van der Waals surface area contributed by atoms with Crippen LogP contribution in [-0.2, 0) is 11.3 Å². The number of carbonyl (C=O) groups is 1. The van der Waals surface area contributed by atoms with Crippen molar-refractivity contribution >= 4 is 27.6 Å². The van der Waals surface area contributed by atoms with Gasteiger partial charge < -0.3 is 19.6 Å². The van der Waals surface area contributed by atoms with Gasteiger partial charge in [-0.15, -0.1) is 0 Å². The molecule has 0 saturated heterocycles. The Labute approximate surface area is 168 Å². The van der Waals surface area contributed by atoms with Gasteiger partial charge in [-0.25, -0.2) is 8.78 Å². The van der Waals surface area contributed by atoms with E-state index in [1.807, 2.05) is 0 Å². The zero-order chi connectivity index (χ0) is 21.0. The monoisotopic (exact) mass is 410 g/mol. The number of hydrogen-bond donors (Lipinski definition) is 2. The molecule has 3 aromatic heterocycles. The molecule has 152 valence electrons. The van der Waals surface area contributed by atoms with E-state index in [0.717, 1.165) is 23.0 Å². The van der Waals surface area contributed by atoms with Crippen molar-refractivity contribution in [1.29, 1.82) is 0 Å². The second-order valence-corrected chi connectivity index (χ2v) is 7.25. The van der Waals surface area contributed by atoms with Crippen LogP contribution in [0.2, 0.25) is 0 Å². The third kappa shape index (κ3) is 2.78.